The molecule has 0 aliphatic rings. The molecule has 1 amide bonds. The van der Waals surface area contributed by atoms with Crippen molar-refractivity contribution in [1.29, 1.82) is 0 Å². The van der Waals surface area contributed by atoms with E-state index in [0.29, 0.717) is 29.6 Å². The fourth-order valence-corrected chi connectivity index (χ4v) is 2.15. The van der Waals surface area contributed by atoms with Crippen molar-refractivity contribution in [2.45, 2.75) is 46.6 Å². The first kappa shape index (κ1) is 20.8. The topological polar surface area (TPSA) is 73.9 Å². The maximum absolute atomic E-state index is 12.1. The average molecular weight is 351 g/mol. The Labute approximate surface area is 149 Å². The van der Waals surface area contributed by atoms with E-state index in [1.165, 1.54) is 7.11 Å². The van der Waals surface area contributed by atoms with Crippen LogP contribution in [0.5, 0.6) is 11.5 Å². The number of hydrogen-bond donors (Lipinski definition) is 1. The lowest BCUT2D eigenvalue weighted by atomic mass is 10.2. The maximum atomic E-state index is 12.1. The predicted molar refractivity (Wildman–Crippen MR) is 96.1 cm³/mol. The quantitative estimate of drug-likeness (QED) is 0.655. The minimum Gasteiger partial charge on any atom is -0.493 e. The lowest BCUT2D eigenvalue weighted by Crippen LogP contribution is -2.36. The number of rotatable bonds is 10. The molecule has 0 saturated heterocycles. The molecule has 0 radical (unpaired) electrons. The molecule has 6 heteroatoms. The van der Waals surface area contributed by atoms with Crippen molar-refractivity contribution in [3.63, 3.8) is 0 Å². The van der Waals surface area contributed by atoms with Crippen LogP contribution in [0.2, 0.25) is 0 Å². The first-order chi connectivity index (χ1) is 11.9. The van der Waals surface area contributed by atoms with Gasteiger partial charge in [-0.1, -0.05) is 27.7 Å². The zero-order chi connectivity index (χ0) is 18.8. The molecule has 0 bridgehead atoms. The summed E-state index contributed by atoms with van der Waals surface area (Å²) >= 11 is 0. The van der Waals surface area contributed by atoms with Gasteiger partial charge in [-0.15, -0.1) is 0 Å². The van der Waals surface area contributed by atoms with Crippen molar-refractivity contribution >= 4 is 11.9 Å². The summed E-state index contributed by atoms with van der Waals surface area (Å²) in [6, 6.07) is 4.92. The van der Waals surface area contributed by atoms with Crippen LogP contribution in [0, 0.1) is 5.92 Å². The minimum absolute atomic E-state index is 0.101. The monoisotopic (exact) mass is 351 g/mol. The highest BCUT2D eigenvalue weighted by molar-refractivity contribution is 5.92. The molecule has 25 heavy (non-hydrogen) atoms. The Hall–Kier alpha value is -2.24. The first-order valence-corrected chi connectivity index (χ1v) is 8.68. The summed E-state index contributed by atoms with van der Waals surface area (Å²) < 4.78 is 16.0. The van der Waals surface area contributed by atoms with Crippen molar-refractivity contribution in [2.75, 3.05) is 20.3 Å². The molecule has 0 aromatic heterocycles. The number of methoxy groups -OCH3 is 1. The molecule has 0 fully saturated rings. The van der Waals surface area contributed by atoms with Crippen LogP contribution < -0.4 is 14.8 Å². The molecule has 1 rings (SSSR count). The Bertz CT molecular complexity index is 567. The second kappa shape index (κ2) is 10.6. The summed E-state index contributed by atoms with van der Waals surface area (Å²) in [7, 11) is 1.51. The second-order valence-corrected chi connectivity index (χ2v) is 6.23. The number of carbonyl (C=O) groups excluding carboxylic acids is 2. The summed E-state index contributed by atoms with van der Waals surface area (Å²) in [6.07, 6.45) is 1.68. The van der Waals surface area contributed by atoms with Gasteiger partial charge in [0.25, 0.3) is 5.91 Å². The van der Waals surface area contributed by atoms with Gasteiger partial charge < -0.3 is 19.5 Å². The van der Waals surface area contributed by atoms with Crippen LogP contribution in [0.3, 0.4) is 0 Å². The number of hydrogen-bond acceptors (Lipinski definition) is 5. The molecule has 1 N–H and O–H groups in total. The number of nitrogens with one attached hydrogen (secondary N) is 1. The highest BCUT2D eigenvalue weighted by Crippen LogP contribution is 2.28. The minimum atomic E-state index is -0.576. The zero-order valence-electron chi connectivity index (χ0n) is 15.8. The molecule has 0 unspecified atom stereocenters. The van der Waals surface area contributed by atoms with E-state index < -0.39 is 5.97 Å². The molecule has 1 aromatic carbocycles. The number of benzene rings is 1. The number of esters is 1. The Morgan fingerprint density at radius 3 is 2.36 bits per heavy atom. The number of amides is 1. The Balaban J connectivity index is 2.64. The molecule has 6 nitrogen and oxygen atoms in total. The van der Waals surface area contributed by atoms with Crippen molar-refractivity contribution < 1.29 is 23.8 Å². The van der Waals surface area contributed by atoms with Gasteiger partial charge >= 0.3 is 5.97 Å². The second-order valence-electron chi connectivity index (χ2n) is 6.23. The van der Waals surface area contributed by atoms with E-state index in [2.05, 4.69) is 5.32 Å². The van der Waals surface area contributed by atoms with Crippen LogP contribution >= 0.6 is 0 Å². The fourth-order valence-electron chi connectivity index (χ4n) is 2.15. The van der Waals surface area contributed by atoms with Gasteiger partial charge in [-0.05, 0) is 37.0 Å². The lowest BCUT2D eigenvalue weighted by molar-refractivity contribution is -0.125. The van der Waals surface area contributed by atoms with E-state index in [-0.39, 0.29) is 18.6 Å². The standard InChI is InChI=1S/C19H29NO5/c1-6-15(7-2)20-18(21)12-25-19(22)14-8-9-16(17(10-14)23-5)24-11-13(3)4/h8-10,13,15H,6-7,11-12H2,1-5H3,(H,20,21). The molecule has 0 spiro atoms. The van der Waals surface area contributed by atoms with E-state index in [9.17, 15) is 9.59 Å². The van der Waals surface area contributed by atoms with Crippen LogP contribution in [0.1, 0.15) is 50.9 Å². The van der Waals surface area contributed by atoms with Crippen molar-refractivity contribution in [2.24, 2.45) is 5.92 Å². The third-order valence-corrected chi connectivity index (χ3v) is 3.66. The number of carbonyl (C=O) groups is 2. The number of ether oxygens (including phenoxy) is 3. The molecule has 0 aliphatic heterocycles. The van der Waals surface area contributed by atoms with Gasteiger partial charge in [0, 0.05) is 6.04 Å². The molecular weight excluding hydrogens is 322 g/mol. The van der Waals surface area contributed by atoms with Crippen LogP contribution in [-0.2, 0) is 9.53 Å². The van der Waals surface area contributed by atoms with Gasteiger partial charge in [-0.2, -0.15) is 0 Å². The van der Waals surface area contributed by atoms with Crippen LogP contribution in [0.15, 0.2) is 18.2 Å². The highest BCUT2D eigenvalue weighted by Gasteiger charge is 2.15. The molecule has 140 valence electrons. The maximum Gasteiger partial charge on any atom is 0.338 e. The zero-order valence-corrected chi connectivity index (χ0v) is 15.8. The molecule has 0 atom stereocenters. The van der Waals surface area contributed by atoms with Gasteiger partial charge in [0.15, 0.2) is 18.1 Å². The SMILES string of the molecule is CCC(CC)NC(=O)COC(=O)c1ccc(OCC(C)C)c(OC)c1. The first-order valence-electron chi connectivity index (χ1n) is 8.68. The molecule has 0 heterocycles. The van der Waals surface area contributed by atoms with Crippen molar-refractivity contribution in [1.82, 2.24) is 5.32 Å². The third kappa shape index (κ3) is 7.03. The largest absolute Gasteiger partial charge is 0.493 e. The summed E-state index contributed by atoms with van der Waals surface area (Å²) in [5, 5.41) is 2.82. The smallest absolute Gasteiger partial charge is 0.338 e. The van der Waals surface area contributed by atoms with E-state index in [4.69, 9.17) is 14.2 Å². The van der Waals surface area contributed by atoms with Gasteiger partial charge in [0.2, 0.25) is 0 Å². The molecular formula is C19H29NO5. The van der Waals surface area contributed by atoms with E-state index in [1.807, 2.05) is 27.7 Å². The molecule has 0 aliphatic carbocycles. The van der Waals surface area contributed by atoms with Crippen molar-refractivity contribution in [3.8, 4) is 11.5 Å². The van der Waals surface area contributed by atoms with E-state index in [1.54, 1.807) is 18.2 Å². The molecule has 1 aromatic rings. The summed E-state index contributed by atoms with van der Waals surface area (Å²) in [4.78, 5) is 23.9. The van der Waals surface area contributed by atoms with E-state index >= 15 is 0 Å². The highest BCUT2D eigenvalue weighted by atomic mass is 16.5. The van der Waals surface area contributed by atoms with E-state index in [0.717, 1.165) is 12.8 Å². The summed E-state index contributed by atoms with van der Waals surface area (Å²) in [5.41, 5.74) is 0.309. The van der Waals surface area contributed by atoms with Gasteiger partial charge in [0.05, 0.1) is 19.3 Å². The third-order valence-electron chi connectivity index (χ3n) is 3.66. The van der Waals surface area contributed by atoms with Gasteiger partial charge in [0.1, 0.15) is 0 Å². The molecule has 0 saturated carbocycles. The van der Waals surface area contributed by atoms with Gasteiger partial charge in [-0.25, -0.2) is 4.79 Å². The van der Waals surface area contributed by atoms with Crippen molar-refractivity contribution in [3.05, 3.63) is 23.8 Å². The predicted octanol–water partition coefficient (Wildman–Crippen LogP) is 3.19. The van der Waals surface area contributed by atoms with Crippen LogP contribution in [0.4, 0.5) is 0 Å². The Morgan fingerprint density at radius 1 is 1.12 bits per heavy atom. The van der Waals surface area contributed by atoms with Gasteiger partial charge in [-0.3, -0.25) is 4.79 Å². The Kier molecular flexibility index (Phi) is 8.81. The fraction of sp³-hybridized carbons (Fsp3) is 0.579. The average Bonchev–Trinajstić information content (AvgIpc) is 2.62. The summed E-state index contributed by atoms with van der Waals surface area (Å²) in [6.45, 7) is 8.33. The normalized spacial score (nSPS) is 10.7. The summed E-state index contributed by atoms with van der Waals surface area (Å²) in [5.74, 6) is 0.526. The lowest BCUT2D eigenvalue weighted by Gasteiger charge is -2.15. The van der Waals surface area contributed by atoms with Crippen LogP contribution in [-0.4, -0.2) is 38.2 Å². The Morgan fingerprint density at radius 2 is 1.80 bits per heavy atom. The van der Waals surface area contributed by atoms with Crippen LogP contribution in [0.25, 0.3) is 0 Å².